The Kier molecular flexibility index (Phi) is 8.43. The third-order valence-electron chi connectivity index (χ3n) is 7.13. The number of carboxylic acid groups (broad SMARTS) is 1. The van der Waals surface area contributed by atoms with Crippen molar-refractivity contribution in [3.8, 4) is 11.1 Å². The maximum absolute atomic E-state index is 13.0. The normalized spacial score (nSPS) is 22.8. The smallest absolute Gasteiger partial charge is 0.303 e. The van der Waals surface area contributed by atoms with E-state index in [0.29, 0.717) is 51.9 Å². The minimum absolute atomic E-state index is 0.0545. The van der Waals surface area contributed by atoms with Crippen LogP contribution in [0.3, 0.4) is 0 Å². The Bertz CT molecular complexity index is 1160. The van der Waals surface area contributed by atoms with Crippen LogP contribution in [0.4, 0.5) is 0 Å². The monoisotopic (exact) mass is 514 g/mol. The van der Waals surface area contributed by atoms with Gasteiger partial charge in [0.25, 0.3) is 0 Å². The van der Waals surface area contributed by atoms with Gasteiger partial charge in [0, 0.05) is 24.9 Å². The molecule has 1 atom stereocenters. The molecule has 2 aromatic carbocycles. The number of hydrogen-bond acceptors (Lipinski definition) is 5. The van der Waals surface area contributed by atoms with Gasteiger partial charge in [-0.3, -0.25) is 9.59 Å². The number of rotatable bonds is 8. The van der Waals surface area contributed by atoms with Crippen LogP contribution in [-0.4, -0.2) is 62.1 Å². The van der Waals surface area contributed by atoms with Crippen LogP contribution in [-0.2, 0) is 30.8 Å². The second-order valence-electron chi connectivity index (χ2n) is 9.74. The Morgan fingerprint density at radius 3 is 2.19 bits per heavy atom. The highest BCUT2D eigenvalue weighted by Crippen LogP contribution is 2.29. The van der Waals surface area contributed by atoms with Gasteiger partial charge in [-0.25, -0.2) is 13.1 Å². The summed E-state index contributed by atoms with van der Waals surface area (Å²) in [6.45, 7) is 3.76. The van der Waals surface area contributed by atoms with E-state index in [9.17, 15) is 18.0 Å². The predicted molar refractivity (Wildman–Crippen MR) is 136 cm³/mol. The van der Waals surface area contributed by atoms with Crippen LogP contribution in [0.5, 0.6) is 0 Å². The van der Waals surface area contributed by atoms with E-state index in [1.807, 2.05) is 36.1 Å². The van der Waals surface area contributed by atoms with E-state index in [-0.39, 0.29) is 35.2 Å². The summed E-state index contributed by atoms with van der Waals surface area (Å²) in [5, 5.41) is 8.82. The van der Waals surface area contributed by atoms with Crippen molar-refractivity contribution < 1.29 is 27.9 Å². The Hall–Kier alpha value is -2.75. The summed E-state index contributed by atoms with van der Waals surface area (Å²) in [6, 6.07) is 14.3. The van der Waals surface area contributed by atoms with Gasteiger partial charge in [0.15, 0.2) is 0 Å². The van der Waals surface area contributed by atoms with Crippen LogP contribution in [0, 0.1) is 5.92 Å². The van der Waals surface area contributed by atoms with E-state index < -0.39 is 16.0 Å². The molecule has 0 spiro atoms. The van der Waals surface area contributed by atoms with Crippen LogP contribution in [0.2, 0.25) is 0 Å². The number of benzene rings is 2. The number of hydrogen-bond donors (Lipinski definition) is 2. The van der Waals surface area contributed by atoms with E-state index in [1.165, 1.54) is 0 Å². The molecule has 2 aromatic rings. The van der Waals surface area contributed by atoms with Gasteiger partial charge in [-0.05, 0) is 67.9 Å². The Balaban J connectivity index is 1.31. The van der Waals surface area contributed by atoms with Gasteiger partial charge in [0.05, 0.1) is 24.2 Å². The molecule has 2 N–H and O–H groups in total. The zero-order chi connectivity index (χ0) is 25.7. The van der Waals surface area contributed by atoms with Gasteiger partial charge in [-0.1, -0.05) is 36.4 Å². The summed E-state index contributed by atoms with van der Waals surface area (Å²) in [7, 11) is -3.67. The van der Waals surface area contributed by atoms with E-state index in [2.05, 4.69) is 4.72 Å². The number of carbonyl (C=O) groups excluding carboxylic acids is 1. The number of carbonyl (C=O) groups is 2. The van der Waals surface area contributed by atoms with Gasteiger partial charge in [-0.2, -0.15) is 0 Å². The zero-order valence-electron chi connectivity index (χ0n) is 20.6. The minimum atomic E-state index is -3.67. The van der Waals surface area contributed by atoms with Crippen molar-refractivity contribution in [2.24, 2.45) is 5.92 Å². The molecule has 1 saturated heterocycles. The lowest BCUT2D eigenvalue weighted by Crippen LogP contribution is -2.50. The van der Waals surface area contributed by atoms with E-state index in [1.54, 1.807) is 24.3 Å². The summed E-state index contributed by atoms with van der Waals surface area (Å²) in [4.78, 5) is 25.8. The average molecular weight is 515 g/mol. The van der Waals surface area contributed by atoms with Crippen LogP contribution >= 0.6 is 0 Å². The van der Waals surface area contributed by atoms with Gasteiger partial charge in [0.1, 0.15) is 0 Å². The fourth-order valence-corrected chi connectivity index (χ4v) is 6.28. The van der Waals surface area contributed by atoms with Crippen LogP contribution in [0.25, 0.3) is 11.1 Å². The standard InChI is InChI=1S/C27H34N2O6S/c1-19-18-35-17-16-29(19)27(32)23-7-11-24(12-8-23)28-36(33,34)25-13-9-22(10-14-25)21-5-2-20(3-6-21)4-15-26(30)31/h2-3,5-6,9-10,13-14,19,23-24,28H,4,7-8,11-12,15-18H2,1H3,(H,30,31)/t19-,23?,24?/m1/s1. The summed E-state index contributed by atoms with van der Waals surface area (Å²) >= 11 is 0. The summed E-state index contributed by atoms with van der Waals surface area (Å²) < 4.78 is 34.2. The minimum Gasteiger partial charge on any atom is -0.481 e. The highest BCUT2D eigenvalue weighted by Gasteiger charge is 2.33. The molecular weight excluding hydrogens is 480 g/mol. The second kappa shape index (κ2) is 11.5. The van der Waals surface area contributed by atoms with Crippen molar-refractivity contribution in [2.75, 3.05) is 19.8 Å². The molecule has 1 amide bonds. The molecule has 1 aliphatic heterocycles. The first-order valence-electron chi connectivity index (χ1n) is 12.5. The molecule has 1 heterocycles. The van der Waals surface area contributed by atoms with Gasteiger partial charge in [-0.15, -0.1) is 0 Å². The van der Waals surface area contributed by atoms with Crippen LogP contribution in [0.15, 0.2) is 53.4 Å². The second-order valence-corrected chi connectivity index (χ2v) is 11.5. The van der Waals surface area contributed by atoms with E-state index in [4.69, 9.17) is 9.84 Å². The SMILES string of the molecule is C[C@@H]1COCCN1C(=O)C1CCC(NS(=O)(=O)c2ccc(-c3ccc(CCC(=O)O)cc3)cc2)CC1. The third-order valence-corrected chi connectivity index (χ3v) is 8.66. The number of sulfonamides is 1. The molecule has 2 aliphatic rings. The number of morpholine rings is 1. The molecule has 2 fully saturated rings. The number of ether oxygens (including phenoxy) is 1. The lowest BCUT2D eigenvalue weighted by atomic mass is 9.85. The number of aryl methyl sites for hydroxylation is 1. The number of nitrogens with one attached hydrogen (secondary N) is 1. The highest BCUT2D eigenvalue weighted by molar-refractivity contribution is 7.89. The number of amides is 1. The van der Waals surface area contributed by atoms with Gasteiger partial charge < -0.3 is 14.7 Å². The summed E-state index contributed by atoms with van der Waals surface area (Å²) in [6.07, 6.45) is 3.20. The molecule has 0 unspecified atom stereocenters. The van der Waals surface area contributed by atoms with Gasteiger partial charge >= 0.3 is 5.97 Å². The molecule has 9 heteroatoms. The van der Waals surface area contributed by atoms with E-state index in [0.717, 1.165) is 16.7 Å². The number of carboxylic acids is 1. The van der Waals surface area contributed by atoms with Crippen molar-refractivity contribution >= 4 is 21.9 Å². The molecular formula is C27H34N2O6S. The van der Waals surface area contributed by atoms with Crippen molar-refractivity contribution in [2.45, 2.75) is 62.4 Å². The molecule has 1 saturated carbocycles. The largest absolute Gasteiger partial charge is 0.481 e. The fraction of sp³-hybridized carbons (Fsp3) is 0.481. The van der Waals surface area contributed by atoms with Crippen molar-refractivity contribution in [3.63, 3.8) is 0 Å². The van der Waals surface area contributed by atoms with Crippen molar-refractivity contribution in [1.82, 2.24) is 9.62 Å². The van der Waals surface area contributed by atoms with Crippen molar-refractivity contribution in [1.29, 1.82) is 0 Å². The summed E-state index contributed by atoms with van der Waals surface area (Å²) in [5.41, 5.74) is 2.76. The predicted octanol–water partition coefficient (Wildman–Crippen LogP) is 3.46. The molecule has 194 valence electrons. The Labute approximate surface area is 212 Å². The third kappa shape index (κ3) is 6.52. The zero-order valence-corrected chi connectivity index (χ0v) is 21.4. The summed E-state index contributed by atoms with van der Waals surface area (Å²) in [5.74, 6) is -0.715. The maximum Gasteiger partial charge on any atom is 0.303 e. The molecule has 0 radical (unpaired) electrons. The molecule has 0 bridgehead atoms. The Morgan fingerprint density at radius 1 is 1.00 bits per heavy atom. The maximum atomic E-state index is 13.0. The Morgan fingerprint density at radius 2 is 1.61 bits per heavy atom. The molecule has 36 heavy (non-hydrogen) atoms. The fourth-order valence-electron chi connectivity index (χ4n) is 4.98. The lowest BCUT2D eigenvalue weighted by molar-refractivity contribution is -0.144. The molecule has 0 aromatic heterocycles. The first kappa shape index (κ1) is 26.3. The number of aliphatic carboxylic acids is 1. The average Bonchev–Trinajstić information content (AvgIpc) is 2.88. The quantitative estimate of drug-likeness (QED) is 0.558. The first-order valence-corrected chi connectivity index (χ1v) is 14.0. The molecule has 4 rings (SSSR count). The number of nitrogens with zero attached hydrogens (tertiary/aromatic N) is 1. The first-order chi connectivity index (χ1) is 17.2. The lowest BCUT2D eigenvalue weighted by Gasteiger charge is -2.37. The van der Waals surface area contributed by atoms with Crippen molar-refractivity contribution in [3.05, 3.63) is 54.1 Å². The molecule has 1 aliphatic carbocycles. The van der Waals surface area contributed by atoms with Crippen LogP contribution in [0.1, 0.15) is 44.6 Å². The topological polar surface area (TPSA) is 113 Å². The highest BCUT2D eigenvalue weighted by atomic mass is 32.2. The van der Waals surface area contributed by atoms with Gasteiger partial charge in [0.2, 0.25) is 15.9 Å². The van der Waals surface area contributed by atoms with Crippen LogP contribution < -0.4 is 4.72 Å². The molecule has 8 nitrogen and oxygen atoms in total. The van der Waals surface area contributed by atoms with E-state index >= 15 is 0 Å².